The standard InChI is InChI=1S/C10H10O3S/c1-6-5-9(7(2)11)14-8(6)3-4-10(12)13/h3-5H,1-2H3,(H,12,13)/b4-3+. The second-order valence-electron chi connectivity index (χ2n) is 2.89. The zero-order valence-corrected chi connectivity index (χ0v) is 8.72. The Morgan fingerprint density at radius 1 is 1.50 bits per heavy atom. The van der Waals surface area contributed by atoms with Crippen LogP contribution in [0.2, 0.25) is 0 Å². The highest BCUT2D eigenvalue weighted by atomic mass is 32.1. The molecule has 14 heavy (non-hydrogen) atoms. The van der Waals surface area contributed by atoms with Gasteiger partial charge in [0.25, 0.3) is 0 Å². The van der Waals surface area contributed by atoms with E-state index in [1.165, 1.54) is 24.3 Å². The minimum Gasteiger partial charge on any atom is -0.478 e. The van der Waals surface area contributed by atoms with E-state index in [1.807, 2.05) is 6.92 Å². The molecule has 0 saturated carbocycles. The van der Waals surface area contributed by atoms with Gasteiger partial charge in [0.1, 0.15) is 0 Å². The zero-order valence-electron chi connectivity index (χ0n) is 7.90. The number of rotatable bonds is 3. The van der Waals surface area contributed by atoms with E-state index in [0.717, 1.165) is 16.5 Å². The summed E-state index contributed by atoms with van der Waals surface area (Å²) in [6.07, 6.45) is 2.58. The van der Waals surface area contributed by atoms with Gasteiger partial charge in [0.15, 0.2) is 5.78 Å². The first kappa shape index (κ1) is 10.7. The highest BCUT2D eigenvalue weighted by molar-refractivity contribution is 7.15. The van der Waals surface area contributed by atoms with E-state index in [2.05, 4.69) is 0 Å². The van der Waals surface area contributed by atoms with E-state index in [0.29, 0.717) is 4.88 Å². The number of carboxylic acid groups (broad SMARTS) is 1. The van der Waals surface area contributed by atoms with Crippen LogP contribution in [0.4, 0.5) is 0 Å². The Morgan fingerprint density at radius 3 is 2.57 bits per heavy atom. The van der Waals surface area contributed by atoms with Gasteiger partial charge in [-0.1, -0.05) is 0 Å². The van der Waals surface area contributed by atoms with Gasteiger partial charge in [-0.3, -0.25) is 4.79 Å². The molecule has 0 spiro atoms. The van der Waals surface area contributed by atoms with Gasteiger partial charge in [0.2, 0.25) is 0 Å². The van der Waals surface area contributed by atoms with Crippen molar-refractivity contribution in [1.82, 2.24) is 0 Å². The summed E-state index contributed by atoms with van der Waals surface area (Å²) >= 11 is 1.31. The molecule has 0 aliphatic rings. The normalized spacial score (nSPS) is 10.7. The monoisotopic (exact) mass is 210 g/mol. The minimum atomic E-state index is -0.984. The SMILES string of the molecule is CC(=O)c1cc(C)c(/C=C/C(=O)O)s1. The molecular formula is C10H10O3S. The molecule has 0 fully saturated rings. The van der Waals surface area contributed by atoms with Gasteiger partial charge in [-0.15, -0.1) is 11.3 Å². The average Bonchev–Trinajstić information content (AvgIpc) is 2.43. The first-order valence-corrected chi connectivity index (χ1v) is 4.84. The lowest BCUT2D eigenvalue weighted by Crippen LogP contribution is -1.85. The quantitative estimate of drug-likeness (QED) is 0.615. The molecule has 0 unspecified atom stereocenters. The number of Topliss-reactive ketones (excluding diaryl/α,β-unsaturated/α-hetero) is 1. The predicted molar refractivity (Wildman–Crippen MR) is 55.7 cm³/mol. The van der Waals surface area contributed by atoms with Crippen molar-refractivity contribution in [3.8, 4) is 0 Å². The summed E-state index contributed by atoms with van der Waals surface area (Å²) in [5.41, 5.74) is 0.928. The fourth-order valence-electron chi connectivity index (χ4n) is 0.982. The van der Waals surface area contributed by atoms with Crippen LogP contribution in [0, 0.1) is 6.92 Å². The molecule has 4 heteroatoms. The van der Waals surface area contributed by atoms with Crippen LogP contribution < -0.4 is 0 Å². The highest BCUT2D eigenvalue weighted by Gasteiger charge is 2.06. The van der Waals surface area contributed by atoms with Crippen molar-refractivity contribution in [2.75, 3.05) is 0 Å². The van der Waals surface area contributed by atoms with Crippen LogP contribution in [0.15, 0.2) is 12.1 Å². The van der Waals surface area contributed by atoms with Crippen LogP contribution in [0.3, 0.4) is 0 Å². The summed E-state index contributed by atoms with van der Waals surface area (Å²) in [4.78, 5) is 22.8. The maximum absolute atomic E-state index is 11.0. The van der Waals surface area contributed by atoms with Gasteiger partial charge in [0, 0.05) is 11.0 Å². The number of aryl methyl sites for hydroxylation is 1. The van der Waals surface area contributed by atoms with E-state index in [9.17, 15) is 9.59 Å². The summed E-state index contributed by atoms with van der Waals surface area (Å²) in [6, 6.07) is 1.77. The largest absolute Gasteiger partial charge is 0.478 e. The Balaban J connectivity index is 2.99. The summed E-state index contributed by atoms with van der Waals surface area (Å²) < 4.78 is 0. The lowest BCUT2D eigenvalue weighted by Gasteiger charge is -1.86. The summed E-state index contributed by atoms with van der Waals surface area (Å²) in [7, 11) is 0. The van der Waals surface area contributed by atoms with E-state index in [-0.39, 0.29) is 5.78 Å². The Kier molecular flexibility index (Phi) is 3.19. The van der Waals surface area contributed by atoms with Crippen LogP contribution in [0.25, 0.3) is 6.08 Å². The molecule has 0 atom stereocenters. The molecule has 0 radical (unpaired) electrons. The molecule has 0 aromatic carbocycles. The van der Waals surface area contributed by atoms with Crippen molar-refractivity contribution in [1.29, 1.82) is 0 Å². The van der Waals surface area contributed by atoms with Crippen molar-refractivity contribution < 1.29 is 14.7 Å². The Morgan fingerprint density at radius 2 is 2.14 bits per heavy atom. The average molecular weight is 210 g/mol. The van der Waals surface area contributed by atoms with Gasteiger partial charge in [-0.25, -0.2) is 4.79 Å². The van der Waals surface area contributed by atoms with Crippen LogP contribution in [0.5, 0.6) is 0 Å². The Bertz CT molecular complexity index is 401. The number of carbonyl (C=O) groups is 2. The van der Waals surface area contributed by atoms with Gasteiger partial charge >= 0.3 is 5.97 Å². The molecular weight excluding hydrogens is 200 g/mol. The number of carbonyl (C=O) groups excluding carboxylic acids is 1. The maximum Gasteiger partial charge on any atom is 0.328 e. The highest BCUT2D eigenvalue weighted by Crippen LogP contribution is 2.23. The lowest BCUT2D eigenvalue weighted by molar-refractivity contribution is -0.131. The smallest absolute Gasteiger partial charge is 0.328 e. The third-order valence-electron chi connectivity index (χ3n) is 1.68. The summed E-state index contributed by atoms with van der Waals surface area (Å²) in [5.74, 6) is -0.977. The molecule has 0 amide bonds. The molecule has 1 N–H and O–H groups in total. The molecule has 1 rings (SSSR count). The van der Waals surface area contributed by atoms with Gasteiger partial charge in [-0.05, 0) is 31.6 Å². The van der Waals surface area contributed by atoms with Crippen LogP contribution in [0.1, 0.15) is 27.0 Å². The Hall–Kier alpha value is -1.42. The van der Waals surface area contributed by atoms with E-state index < -0.39 is 5.97 Å². The molecule has 0 aliphatic heterocycles. The fourth-order valence-corrected chi connectivity index (χ4v) is 1.95. The Labute approximate surface area is 85.7 Å². The lowest BCUT2D eigenvalue weighted by atomic mass is 10.2. The van der Waals surface area contributed by atoms with Crippen LogP contribution in [-0.4, -0.2) is 16.9 Å². The van der Waals surface area contributed by atoms with Crippen molar-refractivity contribution >= 4 is 29.2 Å². The van der Waals surface area contributed by atoms with Crippen LogP contribution in [-0.2, 0) is 4.79 Å². The summed E-state index contributed by atoms with van der Waals surface area (Å²) in [6.45, 7) is 3.35. The van der Waals surface area contributed by atoms with Gasteiger partial charge < -0.3 is 5.11 Å². The van der Waals surface area contributed by atoms with Crippen molar-refractivity contribution in [2.24, 2.45) is 0 Å². The molecule has 0 aliphatic carbocycles. The van der Waals surface area contributed by atoms with E-state index in [4.69, 9.17) is 5.11 Å². The second kappa shape index (κ2) is 4.19. The molecule has 1 aromatic rings. The van der Waals surface area contributed by atoms with Crippen molar-refractivity contribution in [3.05, 3.63) is 27.5 Å². The number of ketones is 1. The number of aliphatic carboxylic acids is 1. The fraction of sp³-hybridized carbons (Fsp3) is 0.200. The molecule has 1 heterocycles. The van der Waals surface area contributed by atoms with E-state index in [1.54, 1.807) is 6.07 Å². The molecule has 1 aromatic heterocycles. The maximum atomic E-state index is 11.0. The predicted octanol–water partition coefficient (Wildman–Crippen LogP) is 2.36. The number of hydrogen-bond acceptors (Lipinski definition) is 3. The first-order valence-electron chi connectivity index (χ1n) is 4.03. The van der Waals surface area contributed by atoms with Crippen molar-refractivity contribution in [2.45, 2.75) is 13.8 Å². The third kappa shape index (κ3) is 2.53. The molecule has 3 nitrogen and oxygen atoms in total. The molecule has 74 valence electrons. The summed E-state index contributed by atoms with van der Waals surface area (Å²) in [5, 5.41) is 8.43. The van der Waals surface area contributed by atoms with Gasteiger partial charge in [0.05, 0.1) is 4.88 Å². The van der Waals surface area contributed by atoms with Crippen LogP contribution >= 0.6 is 11.3 Å². The molecule has 0 bridgehead atoms. The third-order valence-corrected chi connectivity index (χ3v) is 2.98. The zero-order chi connectivity index (χ0) is 10.7. The number of carboxylic acids is 1. The van der Waals surface area contributed by atoms with Gasteiger partial charge in [-0.2, -0.15) is 0 Å². The second-order valence-corrected chi connectivity index (χ2v) is 3.97. The number of hydrogen-bond donors (Lipinski definition) is 1. The first-order chi connectivity index (χ1) is 6.50. The number of thiophene rings is 1. The van der Waals surface area contributed by atoms with Crippen molar-refractivity contribution in [3.63, 3.8) is 0 Å². The topological polar surface area (TPSA) is 54.4 Å². The molecule has 0 saturated heterocycles. The van der Waals surface area contributed by atoms with E-state index >= 15 is 0 Å². The minimum absolute atomic E-state index is 0.00748.